The minimum atomic E-state index is -3.16. The van der Waals surface area contributed by atoms with E-state index in [9.17, 15) is 8.42 Å². The minimum Gasteiger partial charge on any atom is -0.396 e. The smallest absolute Gasteiger partial charge is 0.211 e. The van der Waals surface area contributed by atoms with Gasteiger partial charge in [-0.1, -0.05) is 0 Å². The maximum atomic E-state index is 11.8. The number of sulfonamides is 1. The lowest BCUT2D eigenvalue weighted by Crippen LogP contribution is -2.57. The monoisotopic (exact) mass is 262 g/mol. The van der Waals surface area contributed by atoms with Crippen molar-refractivity contribution in [1.82, 2.24) is 9.62 Å². The first-order valence-corrected chi connectivity index (χ1v) is 8.09. The molecule has 1 unspecified atom stereocenters. The fourth-order valence-corrected chi connectivity index (χ4v) is 4.22. The Balaban J connectivity index is 1.83. The van der Waals surface area contributed by atoms with Crippen LogP contribution in [0, 0.1) is 5.92 Å². The fourth-order valence-electron chi connectivity index (χ4n) is 2.79. The summed E-state index contributed by atoms with van der Waals surface area (Å²) in [6.45, 7) is 3.17. The number of piperidine rings is 3. The van der Waals surface area contributed by atoms with Crippen molar-refractivity contribution in [3.05, 3.63) is 0 Å². The van der Waals surface area contributed by atoms with Crippen molar-refractivity contribution < 1.29 is 13.5 Å². The summed E-state index contributed by atoms with van der Waals surface area (Å²) < 4.78 is 26.5. The van der Waals surface area contributed by atoms with Gasteiger partial charge in [0.2, 0.25) is 10.0 Å². The van der Waals surface area contributed by atoms with E-state index in [0.717, 1.165) is 32.5 Å². The first-order valence-electron chi connectivity index (χ1n) is 6.44. The van der Waals surface area contributed by atoms with Gasteiger partial charge in [0.1, 0.15) is 0 Å². The average molecular weight is 262 g/mol. The highest BCUT2D eigenvalue weighted by molar-refractivity contribution is 7.89. The normalized spacial score (nSPS) is 32.9. The van der Waals surface area contributed by atoms with E-state index in [0.29, 0.717) is 18.8 Å². The van der Waals surface area contributed by atoms with Crippen LogP contribution in [0.25, 0.3) is 0 Å². The second-order valence-electron chi connectivity index (χ2n) is 5.11. The van der Waals surface area contributed by atoms with E-state index in [1.54, 1.807) is 0 Å². The van der Waals surface area contributed by atoms with Gasteiger partial charge in [-0.2, -0.15) is 0 Å². The molecule has 100 valence electrons. The maximum absolute atomic E-state index is 11.8. The molecule has 17 heavy (non-hydrogen) atoms. The second kappa shape index (κ2) is 5.65. The Morgan fingerprint density at radius 3 is 2.47 bits per heavy atom. The third kappa shape index (κ3) is 3.64. The molecule has 0 amide bonds. The molecular weight excluding hydrogens is 240 g/mol. The summed E-state index contributed by atoms with van der Waals surface area (Å²) in [4.78, 5) is 2.33. The number of unbranched alkanes of at least 4 members (excludes halogenated alkanes) is 1. The third-order valence-electron chi connectivity index (χ3n) is 3.81. The molecule has 0 radical (unpaired) electrons. The van der Waals surface area contributed by atoms with Crippen molar-refractivity contribution >= 4 is 10.0 Å². The number of rotatable bonds is 6. The lowest BCUT2D eigenvalue weighted by Gasteiger charge is -2.44. The number of hydrogen-bond acceptors (Lipinski definition) is 4. The Labute approximate surface area is 103 Å². The van der Waals surface area contributed by atoms with Crippen molar-refractivity contribution in [2.45, 2.75) is 31.7 Å². The third-order valence-corrected chi connectivity index (χ3v) is 5.30. The van der Waals surface area contributed by atoms with Gasteiger partial charge in [0, 0.05) is 19.2 Å². The molecule has 2 N–H and O–H groups in total. The SMILES string of the molecule is O=S(=O)(CCCCO)NC1CN2CCC1CC2. The molecule has 3 fully saturated rings. The molecule has 3 rings (SSSR count). The molecule has 3 aliphatic rings. The lowest BCUT2D eigenvalue weighted by molar-refractivity contribution is 0.0827. The van der Waals surface area contributed by atoms with Crippen molar-refractivity contribution in [2.75, 3.05) is 32.0 Å². The Bertz CT molecular complexity index is 337. The topological polar surface area (TPSA) is 69.6 Å². The highest BCUT2D eigenvalue weighted by Gasteiger charge is 2.35. The zero-order chi connectivity index (χ0) is 12.3. The molecule has 0 aliphatic carbocycles. The van der Waals surface area contributed by atoms with Crippen LogP contribution in [-0.2, 0) is 10.0 Å². The van der Waals surface area contributed by atoms with Crippen molar-refractivity contribution in [3.63, 3.8) is 0 Å². The summed E-state index contributed by atoms with van der Waals surface area (Å²) in [5.74, 6) is 0.657. The summed E-state index contributed by atoms with van der Waals surface area (Å²) in [5, 5.41) is 8.65. The Morgan fingerprint density at radius 2 is 1.94 bits per heavy atom. The molecule has 2 bridgehead atoms. The highest BCUT2D eigenvalue weighted by Crippen LogP contribution is 2.27. The van der Waals surface area contributed by atoms with E-state index >= 15 is 0 Å². The summed E-state index contributed by atoms with van der Waals surface area (Å²) in [5.41, 5.74) is 0. The summed E-state index contributed by atoms with van der Waals surface area (Å²) in [6, 6.07) is 0.108. The van der Waals surface area contributed by atoms with Gasteiger partial charge >= 0.3 is 0 Å². The van der Waals surface area contributed by atoms with Crippen LogP contribution in [-0.4, -0.2) is 56.5 Å². The highest BCUT2D eigenvalue weighted by atomic mass is 32.2. The maximum Gasteiger partial charge on any atom is 0.211 e. The van der Waals surface area contributed by atoms with Gasteiger partial charge in [0.05, 0.1) is 5.75 Å². The van der Waals surface area contributed by atoms with Crippen LogP contribution in [0.1, 0.15) is 25.7 Å². The van der Waals surface area contributed by atoms with Crippen molar-refractivity contribution in [1.29, 1.82) is 0 Å². The van der Waals surface area contributed by atoms with Crippen molar-refractivity contribution in [2.24, 2.45) is 5.92 Å². The first-order chi connectivity index (χ1) is 8.11. The van der Waals surface area contributed by atoms with Gasteiger partial charge in [-0.05, 0) is 44.7 Å². The molecule has 0 aromatic carbocycles. The van der Waals surface area contributed by atoms with Crippen LogP contribution in [0.4, 0.5) is 0 Å². The van der Waals surface area contributed by atoms with Crippen LogP contribution in [0.15, 0.2) is 0 Å². The quantitative estimate of drug-likeness (QED) is 0.649. The Hall–Kier alpha value is -0.170. The van der Waals surface area contributed by atoms with Crippen LogP contribution < -0.4 is 4.72 Å². The average Bonchev–Trinajstić information content (AvgIpc) is 2.30. The number of nitrogens with one attached hydrogen (secondary N) is 1. The van der Waals surface area contributed by atoms with Crippen LogP contribution in [0.2, 0.25) is 0 Å². The zero-order valence-electron chi connectivity index (χ0n) is 10.1. The van der Waals surface area contributed by atoms with Gasteiger partial charge in [-0.3, -0.25) is 0 Å². The van der Waals surface area contributed by atoms with Gasteiger partial charge in [-0.25, -0.2) is 13.1 Å². The Kier molecular flexibility index (Phi) is 4.41. The largest absolute Gasteiger partial charge is 0.396 e. The van der Waals surface area contributed by atoms with Gasteiger partial charge in [-0.15, -0.1) is 0 Å². The number of fused-ring (bicyclic) bond motifs is 3. The molecule has 0 aromatic rings. The number of aliphatic hydroxyl groups excluding tert-OH is 1. The minimum absolute atomic E-state index is 0.0648. The zero-order valence-corrected chi connectivity index (χ0v) is 11.0. The van der Waals surface area contributed by atoms with Gasteiger partial charge in [0.15, 0.2) is 0 Å². The Morgan fingerprint density at radius 1 is 1.24 bits per heavy atom. The summed E-state index contributed by atoms with van der Waals surface area (Å²) in [7, 11) is -3.16. The predicted molar refractivity (Wildman–Crippen MR) is 66.2 cm³/mol. The van der Waals surface area contributed by atoms with Gasteiger partial charge in [0.25, 0.3) is 0 Å². The van der Waals surface area contributed by atoms with E-state index < -0.39 is 10.0 Å². The molecular formula is C11H22N2O3S. The van der Waals surface area contributed by atoms with Crippen LogP contribution in [0.5, 0.6) is 0 Å². The standard InChI is InChI=1S/C11H22N2O3S/c14-7-1-2-8-17(15,16)12-11-9-13-5-3-10(11)4-6-13/h10-12,14H,1-9H2. The summed E-state index contributed by atoms with van der Waals surface area (Å²) in [6.07, 6.45) is 3.32. The molecule has 0 aromatic heterocycles. The molecule has 0 saturated carbocycles. The van der Waals surface area contributed by atoms with E-state index in [1.165, 1.54) is 0 Å². The number of aliphatic hydroxyl groups is 1. The number of nitrogens with zero attached hydrogens (tertiary/aromatic N) is 1. The van der Waals surface area contributed by atoms with E-state index in [4.69, 9.17) is 5.11 Å². The predicted octanol–water partition coefficient (Wildman–Crippen LogP) is -0.227. The van der Waals surface area contributed by atoms with E-state index in [-0.39, 0.29) is 18.4 Å². The molecule has 3 aliphatic heterocycles. The van der Waals surface area contributed by atoms with E-state index in [1.807, 2.05) is 0 Å². The van der Waals surface area contributed by atoms with Crippen LogP contribution >= 0.6 is 0 Å². The van der Waals surface area contributed by atoms with Crippen molar-refractivity contribution in [3.8, 4) is 0 Å². The molecule has 3 heterocycles. The summed E-state index contributed by atoms with van der Waals surface area (Å²) >= 11 is 0. The molecule has 3 saturated heterocycles. The second-order valence-corrected chi connectivity index (χ2v) is 6.99. The van der Waals surface area contributed by atoms with E-state index in [2.05, 4.69) is 9.62 Å². The molecule has 0 spiro atoms. The molecule has 1 atom stereocenters. The van der Waals surface area contributed by atoms with Gasteiger partial charge < -0.3 is 10.0 Å². The first kappa shape index (κ1) is 13.3. The molecule has 6 heteroatoms. The lowest BCUT2D eigenvalue weighted by atomic mass is 9.85. The van der Waals surface area contributed by atoms with Crippen LogP contribution in [0.3, 0.4) is 0 Å². The number of hydrogen-bond donors (Lipinski definition) is 2. The molecule has 5 nitrogen and oxygen atoms in total. The fraction of sp³-hybridized carbons (Fsp3) is 1.00.